The van der Waals surface area contributed by atoms with Gasteiger partial charge in [0, 0.05) is 25.2 Å². The topological polar surface area (TPSA) is 24.5 Å². The first-order valence-electron chi connectivity index (χ1n) is 5.95. The van der Waals surface area contributed by atoms with E-state index in [4.69, 9.17) is 0 Å². The molecule has 0 saturated carbocycles. The quantitative estimate of drug-likeness (QED) is 0.915. The molecule has 1 aromatic rings. The summed E-state index contributed by atoms with van der Waals surface area (Å²) in [5.74, 6) is -0.157. The number of para-hydroxylation sites is 1. The first kappa shape index (κ1) is 13.7. The van der Waals surface area contributed by atoms with Crippen molar-refractivity contribution in [1.82, 2.24) is 10.2 Å². The molecule has 6 heteroatoms. The van der Waals surface area contributed by atoms with Crippen LogP contribution >= 0.6 is 0 Å². The monoisotopic (exact) mass is 272 g/mol. The summed E-state index contributed by atoms with van der Waals surface area (Å²) in [6.07, 6.45) is -3.03. The molecule has 1 N–H and O–H groups in total. The molecule has 1 saturated heterocycles. The van der Waals surface area contributed by atoms with Crippen LogP contribution < -0.4 is 10.1 Å². The zero-order chi connectivity index (χ0) is 13.9. The standard InChI is InChI=1S/C13H15F3N2O/c1-2-18-8-7-17-9-11(18)10-5-3-4-6-12(10)19-13(14,15)16/h2-6,11,17H,1,7-9H2. The molecule has 1 aliphatic rings. The van der Waals surface area contributed by atoms with E-state index in [2.05, 4.69) is 16.6 Å². The normalized spacial score (nSPS) is 20.2. The Bertz CT molecular complexity index is 448. The van der Waals surface area contributed by atoms with Crippen molar-refractivity contribution in [2.45, 2.75) is 12.4 Å². The van der Waals surface area contributed by atoms with Crippen LogP contribution in [0.5, 0.6) is 5.75 Å². The number of rotatable bonds is 3. The fourth-order valence-corrected chi connectivity index (χ4v) is 2.20. The van der Waals surface area contributed by atoms with E-state index in [0.717, 1.165) is 6.54 Å². The van der Waals surface area contributed by atoms with E-state index in [0.29, 0.717) is 18.7 Å². The number of piperazine rings is 1. The number of hydrogen-bond donors (Lipinski definition) is 1. The van der Waals surface area contributed by atoms with Crippen molar-refractivity contribution in [3.05, 3.63) is 42.6 Å². The van der Waals surface area contributed by atoms with Crippen molar-refractivity contribution in [3.63, 3.8) is 0 Å². The van der Waals surface area contributed by atoms with Crippen molar-refractivity contribution in [1.29, 1.82) is 0 Å². The summed E-state index contributed by atoms with van der Waals surface area (Å²) >= 11 is 0. The Kier molecular flexibility index (Phi) is 3.99. The molecule has 1 fully saturated rings. The Morgan fingerprint density at radius 2 is 2.11 bits per heavy atom. The van der Waals surface area contributed by atoms with Gasteiger partial charge < -0.3 is 15.0 Å². The minimum Gasteiger partial charge on any atom is -0.405 e. The van der Waals surface area contributed by atoms with E-state index in [1.807, 2.05) is 4.90 Å². The minimum atomic E-state index is -4.68. The van der Waals surface area contributed by atoms with Crippen molar-refractivity contribution >= 4 is 0 Å². The molecule has 0 spiro atoms. The first-order valence-corrected chi connectivity index (χ1v) is 5.95. The Labute approximate surface area is 109 Å². The van der Waals surface area contributed by atoms with Gasteiger partial charge in [-0.2, -0.15) is 0 Å². The van der Waals surface area contributed by atoms with Gasteiger partial charge in [0.1, 0.15) is 5.75 Å². The van der Waals surface area contributed by atoms with Crippen LogP contribution in [0.1, 0.15) is 11.6 Å². The van der Waals surface area contributed by atoms with Gasteiger partial charge in [-0.05, 0) is 12.3 Å². The van der Waals surface area contributed by atoms with Gasteiger partial charge in [-0.25, -0.2) is 0 Å². The smallest absolute Gasteiger partial charge is 0.405 e. The van der Waals surface area contributed by atoms with Gasteiger partial charge in [0.15, 0.2) is 0 Å². The van der Waals surface area contributed by atoms with Crippen LogP contribution in [0.4, 0.5) is 13.2 Å². The molecule has 1 unspecified atom stereocenters. The molecular weight excluding hydrogens is 257 g/mol. The molecule has 1 atom stereocenters. The molecule has 0 bridgehead atoms. The molecule has 3 nitrogen and oxygen atoms in total. The van der Waals surface area contributed by atoms with Crippen molar-refractivity contribution in [2.24, 2.45) is 0 Å². The highest BCUT2D eigenvalue weighted by molar-refractivity contribution is 5.37. The Morgan fingerprint density at radius 3 is 2.79 bits per heavy atom. The maximum atomic E-state index is 12.4. The van der Waals surface area contributed by atoms with Gasteiger partial charge in [-0.3, -0.25) is 0 Å². The lowest BCUT2D eigenvalue weighted by Crippen LogP contribution is -2.43. The van der Waals surface area contributed by atoms with Crippen molar-refractivity contribution in [3.8, 4) is 5.75 Å². The fraction of sp³-hybridized carbons (Fsp3) is 0.385. The third kappa shape index (κ3) is 3.41. The number of ether oxygens (including phenoxy) is 1. The molecular formula is C13H15F3N2O. The lowest BCUT2D eigenvalue weighted by molar-refractivity contribution is -0.275. The summed E-state index contributed by atoms with van der Waals surface area (Å²) in [5, 5.41) is 3.16. The number of nitrogens with one attached hydrogen (secondary N) is 1. The number of hydrogen-bond acceptors (Lipinski definition) is 3. The summed E-state index contributed by atoms with van der Waals surface area (Å²) in [6, 6.07) is 6.01. The Morgan fingerprint density at radius 1 is 1.37 bits per heavy atom. The van der Waals surface area contributed by atoms with Crippen LogP contribution in [0.15, 0.2) is 37.0 Å². The summed E-state index contributed by atoms with van der Waals surface area (Å²) in [6.45, 7) is 5.74. The van der Waals surface area contributed by atoms with E-state index in [1.165, 1.54) is 12.1 Å². The molecule has 0 radical (unpaired) electrons. The lowest BCUT2D eigenvalue weighted by atomic mass is 10.0. The molecule has 1 heterocycles. The average Bonchev–Trinajstić information content (AvgIpc) is 2.37. The van der Waals surface area contributed by atoms with Crippen LogP contribution in [0.25, 0.3) is 0 Å². The third-order valence-corrected chi connectivity index (χ3v) is 3.02. The van der Waals surface area contributed by atoms with Crippen molar-refractivity contribution in [2.75, 3.05) is 19.6 Å². The largest absolute Gasteiger partial charge is 0.573 e. The second kappa shape index (κ2) is 5.52. The molecule has 1 aromatic carbocycles. The summed E-state index contributed by atoms with van der Waals surface area (Å²) < 4.78 is 41.3. The third-order valence-electron chi connectivity index (χ3n) is 3.02. The van der Waals surface area contributed by atoms with Crippen LogP contribution in [-0.2, 0) is 0 Å². The van der Waals surface area contributed by atoms with E-state index in [1.54, 1.807) is 18.3 Å². The van der Waals surface area contributed by atoms with Gasteiger partial charge >= 0.3 is 6.36 Å². The maximum Gasteiger partial charge on any atom is 0.573 e. The lowest BCUT2D eigenvalue weighted by Gasteiger charge is -2.36. The SMILES string of the molecule is C=CN1CCNCC1c1ccccc1OC(F)(F)F. The predicted octanol–water partition coefficient (Wildman–Crippen LogP) is 2.68. The van der Waals surface area contributed by atoms with Gasteiger partial charge in [0.05, 0.1) is 6.04 Å². The molecule has 19 heavy (non-hydrogen) atoms. The van der Waals surface area contributed by atoms with E-state index in [9.17, 15) is 13.2 Å². The Balaban J connectivity index is 2.30. The number of benzene rings is 1. The van der Waals surface area contributed by atoms with Gasteiger partial charge in [-0.15, -0.1) is 13.2 Å². The summed E-state index contributed by atoms with van der Waals surface area (Å²) in [5.41, 5.74) is 0.506. The number of halogens is 3. The van der Waals surface area contributed by atoms with Crippen LogP contribution in [0.2, 0.25) is 0 Å². The van der Waals surface area contributed by atoms with Crippen LogP contribution in [0, 0.1) is 0 Å². The average molecular weight is 272 g/mol. The van der Waals surface area contributed by atoms with Gasteiger partial charge in [-0.1, -0.05) is 24.8 Å². The van der Waals surface area contributed by atoms with Crippen LogP contribution in [0.3, 0.4) is 0 Å². The number of nitrogens with zero attached hydrogens (tertiary/aromatic N) is 1. The van der Waals surface area contributed by atoms with Crippen molar-refractivity contribution < 1.29 is 17.9 Å². The molecule has 0 aliphatic carbocycles. The van der Waals surface area contributed by atoms with Gasteiger partial charge in [0.25, 0.3) is 0 Å². The predicted molar refractivity (Wildman–Crippen MR) is 65.6 cm³/mol. The highest BCUT2D eigenvalue weighted by atomic mass is 19.4. The molecule has 2 rings (SSSR count). The summed E-state index contributed by atoms with van der Waals surface area (Å²) in [7, 11) is 0. The highest BCUT2D eigenvalue weighted by Gasteiger charge is 2.33. The fourth-order valence-electron chi connectivity index (χ4n) is 2.20. The zero-order valence-electron chi connectivity index (χ0n) is 10.3. The molecule has 0 aromatic heterocycles. The maximum absolute atomic E-state index is 12.4. The highest BCUT2D eigenvalue weighted by Crippen LogP contribution is 2.33. The van der Waals surface area contributed by atoms with Gasteiger partial charge in [0.2, 0.25) is 0 Å². The Hall–Kier alpha value is -1.69. The second-order valence-electron chi connectivity index (χ2n) is 4.23. The second-order valence-corrected chi connectivity index (χ2v) is 4.23. The molecule has 0 amide bonds. The first-order chi connectivity index (χ1) is 9.01. The molecule has 1 aliphatic heterocycles. The van der Waals surface area contributed by atoms with E-state index < -0.39 is 6.36 Å². The van der Waals surface area contributed by atoms with Crippen LogP contribution in [-0.4, -0.2) is 30.9 Å². The van der Waals surface area contributed by atoms with E-state index in [-0.39, 0.29) is 11.8 Å². The molecule has 104 valence electrons. The minimum absolute atomic E-state index is 0.157. The summed E-state index contributed by atoms with van der Waals surface area (Å²) in [4.78, 5) is 1.91. The number of alkyl halides is 3. The zero-order valence-corrected chi connectivity index (χ0v) is 10.3. The van der Waals surface area contributed by atoms with E-state index >= 15 is 0 Å².